The van der Waals surface area contributed by atoms with Gasteiger partial charge < -0.3 is 56.8 Å². The van der Waals surface area contributed by atoms with Crippen molar-refractivity contribution in [1.82, 2.24) is 46.2 Å². The molecular formula is C54H88IN9O14. The lowest BCUT2D eigenvalue weighted by molar-refractivity contribution is -0.143. The quantitative estimate of drug-likeness (QED) is 0.0337. The number of nitrogens with zero attached hydrogens (tertiary/aromatic N) is 4. The van der Waals surface area contributed by atoms with E-state index in [0.29, 0.717) is 129 Å². The molecule has 0 saturated carbocycles. The van der Waals surface area contributed by atoms with Crippen LogP contribution in [-0.2, 0) is 49.6 Å². The molecule has 3 unspecified atom stereocenters. The minimum absolute atomic E-state index is 0.0482. The number of rotatable bonds is 39. The SMILES string of the molecule is CN1CCN(C)CCN(CC(=O)NC(CCC(=O)CCCCCCC(=O)NCCCCCNC(=O)NC(CCC(=O)O)C(=O)O)C(=O)NC(CCCCCC(=O)CCCc2ccc(I)cc2)C(=O)O)CCN(CC(=O)O)CC1. The van der Waals surface area contributed by atoms with Crippen LogP contribution in [0.4, 0.5) is 4.79 Å². The van der Waals surface area contributed by atoms with Gasteiger partial charge in [0, 0.05) is 108 Å². The summed E-state index contributed by atoms with van der Waals surface area (Å²) in [4.78, 5) is 132. The third-order valence-electron chi connectivity index (χ3n) is 13.5. The Balaban J connectivity index is 1.89. The van der Waals surface area contributed by atoms with Gasteiger partial charge in [-0.05, 0) is 125 Å². The normalized spacial score (nSPS) is 15.3. The number of benzene rings is 1. The van der Waals surface area contributed by atoms with E-state index in [2.05, 4.69) is 71.1 Å². The standard InChI is InChI=1S/C54H88IN9O14/c1-61-30-31-62(2)33-35-64(39-50(71)72)37-36-63(34-32-61)38-48(68)58-44(51(73)59-45(52(74)75)18-9-5-8-15-42(65)17-13-14-40-20-22-41(55)23-21-40)25-24-43(66)16-7-3-4-10-19-47(67)56-28-11-6-12-29-57-54(78)60-46(53(76)77)26-27-49(69)70/h20-23,44-46H,3-19,24-39H2,1-2H3,(H,56,67)(H,58,68)(H,59,73)(H,69,70)(H,71,72)(H,74,75)(H,76,77)(H2,57,60,78). The number of carbonyl (C=O) groups excluding carboxylic acids is 6. The van der Waals surface area contributed by atoms with E-state index in [4.69, 9.17) is 5.11 Å². The largest absolute Gasteiger partial charge is 0.481 e. The fourth-order valence-electron chi connectivity index (χ4n) is 8.63. The third kappa shape index (κ3) is 34.5. The van der Waals surface area contributed by atoms with Crippen molar-refractivity contribution in [2.24, 2.45) is 0 Å². The predicted molar refractivity (Wildman–Crippen MR) is 301 cm³/mol. The van der Waals surface area contributed by atoms with Gasteiger partial charge in [-0.2, -0.15) is 0 Å². The molecule has 0 aliphatic carbocycles. The van der Waals surface area contributed by atoms with Gasteiger partial charge in [0.1, 0.15) is 29.7 Å². The molecule has 1 saturated heterocycles. The summed E-state index contributed by atoms with van der Waals surface area (Å²) < 4.78 is 1.15. The monoisotopic (exact) mass is 1210 g/mol. The molecular weight excluding hydrogens is 1130 g/mol. The highest BCUT2D eigenvalue weighted by Crippen LogP contribution is 2.14. The van der Waals surface area contributed by atoms with Crippen LogP contribution >= 0.6 is 22.6 Å². The Morgan fingerprint density at radius 2 is 0.962 bits per heavy atom. The van der Waals surface area contributed by atoms with E-state index in [1.165, 1.54) is 5.56 Å². The first-order valence-corrected chi connectivity index (χ1v) is 28.7. The number of ketones is 2. The molecule has 9 N–H and O–H groups in total. The zero-order valence-electron chi connectivity index (χ0n) is 45.9. The maximum absolute atomic E-state index is 13.9. The van der Waals surface area contributed by atoms with Gasteiger partial charge in [0.2, 0.25) is 17.7 Å². The van der Waals surface area contributed by atoms with Crippen LogP contribution in [0.1, 0.15) is 134 Å². The van der Waals surface area contributed by atoms with Crippen molar-refractivity contribution >= 4 is 81.8 Å². The van der Waals surface area contributed by atoms with E-state index in [1.54, 1.807) is 0 Å². The Bertz CT molecular complexity index is 2030. The van der Waals surface area contributed by atoms with Gasteiger partial charge in [0.05, 0.1) is 13.1 Å². The highest BCUT2D eigenvalue weighted by atomic mass is 127. The average molecular weight is 1210 g/mol. The van der Waals surface area contributed by atoms with E-state index < -0.39 is 66.3 Å². The molecule has 440 valence electrons. The van der Waals surface area contributed by atoms with Crippen molar-refractivity contribution in [3.63, 3.8) is 0 Å². The van der Waals surface area contributed by atoms with Gasteiger partial charge in [0.15, 0.2) is 0 Å². The molecule has 1 heterocycles. The fourth-order valence-corrected chi connectivity index (χ4v) is 8.99. The van der Waals surface area contributed by atoms with Gasteiger partial charge in [-0.3, -0.25) is 43.4 Å². The van der Waals surface area contributed by atoms with Crippen LogP contribution in [0, 0.1) is 3.57 Å². The summed E-state index contributed by atoms with van der Waals surface area (Å²) in [5.74, 6) is -6.01. The summed E-state index contributed by atoms with van der Waals surface area (Å²) in [6, 6.07) is 3.69. The number of urea groups is 1. The molecule has 2 rings (SSSR count). The second-order valence-corrected chi connectivity index (χ2v) is 21.6. The number of unbranched alkanes of at least 4 members (excludes halogenated alkanes) is 7. The Kier molecular flexibility index (Phi) is 36.0. The van der Waals surface area contributed by atoms with Crippen molar-refractivity contribution < 1.29 is 68.4 Å². The number of likely N-dealkylation sites (N-methyl/N-ethyl adjacent to an activating group) is 2. The van der Waals surface area contributed by atoms with Crippen molar-refractivity contribution in [1.29, 1.82) is 0 Å². The Morgan fingerprint density at radius 1 is 0.474 bits per heavy atom. The molecule has 0 radical (unpaired) electrons. The van der Waals surface area contributed by atoms with E-state index in [-0.39, 0.29) is 69.2 Å². The lowest BCUT2D eigenvalue weighted by atomic mass is 10.0. The molecule has 5 amide bonds. The van der Waals surface area contributed by atoms with E-state index >= 15 is 0 Å². The topological polar surface area (TPSA) is 325 Å². The van der Waals surface area contributed by atoms with Gasteiger partial charge in [-0.1, -0.05) is 37.8 Å². The summed E-state index contributed by atoms with van der Waals surface area (Å²) in [5.41, 5.74) is 1.18. The predicted octanol–water partition coefficient (Wildman–Crippen LogP) is 3.35. The first kappa shape index (κ1) is 68.8. The Morgan fingerprint density at radius 3 is 1.55 bits per heavy atom. The van der Waals surface area contributed by atoms with Gasteiger partial charge in [-0.25, -0.2) is 14.4 Å². The van der Waals surface area contributed by atoms with Crippen molar-refractivity contribution in [3.8, 4) is 0 Å². The molecule has 1 aliphatic rings. The lowest BCUT2D eigenvalue weighted by Crippen LogP contribution is -2.54. The minimum Gasteiger partial charge on any atom is -0.481 e. The number of carbonyl (C=O) groups is 10. The summed E-state index contributed by atoms with van der Waals surface area (Å²) in [6.45, 7) is 5.04. The second-order valence-electron chi connectivity index (χ2n) is 20.3. The molecule has 0 aromatic heterocycles. The zero-order valence-corrected chi connectivity index (χ0v) is 48.1. The van der Waals surface area contributed by atoms with Crippen LogP contribution in [0.2, 0.25) is 0 Å². The molecule has 0 spiro atoms. The van der Waals surface area contributed by atoms with Crippen LogP contribution in [0.25, 0.3) is 0 Å². The average Bonchev–Trinajstić information content (AvgIpc) is 3.38. The van der Waals surface area contributed by atoms with E-state index in [9.17, 15) is 63.3 Å². The molecule has 1 aliphatic heterocycles. The highest BCUT2D eigenvalue weighted by Gasteiger charge is 2.28. The molecule has 1 aromatic carbocycles. The van der Waals surface area contributed by atoms with Crippen molar-refractivity contribution in [2.45, 2.75) is 153 Å². The third-order valence-corrected chi connectivity index (χ3v) is 14.2. The van der Waals surface area contributed by atoms with Crippen LogP contribution in [0.15, 0.2) is 24.3 Å². The molecule has 0 bridgehead atoms. The number of amides is 5. The number of aliphatic carboxylic acids is 4. The first-order chi connectivity index (χ1) is 37.2. The maximum atomic E-state index is 13.9. The number of aryl methyl sites for hydroxylation is 1. The lowest BCUT2D eigenvalue weighted by Gasteiger charge is -2.31. The minimum atomic E-state index is -1.33. The van der Waals surface area contributed by atoms with Crippen LogP contribution in [0.5, 0.6) is 0 Å². The molecule has 24 heteroatoms. The summed E-state index contributed by atoms with van der Waals surface area (Å²) >= 11 is 2.25. The second kappa shape index (κ2) is 40.8. The summed E-state index contributed by atoms with van der Waals surface area (Å²) in [7, 11) is 3.98. The molecule has 1 fully saturated rings. The van der Waals surface area contributed by atoms with Crippen LogP contribution in [-0.4, -0.2) is 210 Å². The molecule has 3 atom stereocenters. The van der Waals surface area contributed by atoms with E-state index in [1.807, 2.05) is 36.0 Å². The molecule has 1 aromatic rings. The fraction of sp³-hybridized carbons (Fsp3) is 0.704. The molecule has 78 heavy (non-hydrogen) atoms. The number of hydrogen-bond donors (Lipinski definition) is 9. The number of halogens is 1. The highest BCUT2D eigenvalue weighted by molar-refractivity contribution is 14.1. The smallest absolute Gasteiger partial charge is 0.326 e. The first-order valence-electron chi connectivity index (χ1n) is 27.6. The number of carboxylic acids is 4. The van der Waals surface area contributed by atoms with Crippen molar-refractivity contribution in [2.75, 3.05) is 92.6 Å². The van der Waals surface area contributed by atoms with E-state index in [0.717, 1.165) is 29.5 Å². The van der Waals surface area contributed by atoms with Gasteiger partial charge in [0.25, 0.3) is 0 Å². The Labute approximate surface area is 473 Å². The number of hydrogen-bond acceptors (Lipinski definition) is 14. The Hall–Kier alpha value is -5.31. The van der Waals surface area contributed by atoms with Crippen LogP contribution < -0.4 is 26.6 Å². The van der Waals surface area contributed by atoms with Gasteiger partial charge in [-0.15, -0.1) is 0 Å². The number of carboxylic acid groups (broad SMARTS) is 4. The maximum Gasteiger partial charge on any atom is 0.326 e. The van der Waals surface area contributed by atoms with Crippen molar-refractivity contribution in [3.05, 3.63) is 33.4 Å². The summed E-state index contributed by atoms with van der Waals surface area (Å²) in [6.07, 6.45) is 8.37. The summed E-state index contributed by atoms with van der Waals surface area (Å²) in [5, 5.41) is 50.6. The molecule has 23 nitrogen and oxygen atoms in total. The zero-order chi connectivity index (χ0) is 57.7. The van der Waals surface area contributed by atoms with Gasteiger partial charge >= 0.3 is 29.9 Å². The number of Topliss-reactive ketones (excluding diaryl/α,β-unsaturated/α-hetero) is 2. The van der Waals surface area contributed by atoms with Crippen LogP contribution in [0.3, 0.4) is 0 Å². The number of nitrogens with one attached hydrogen (secondary N) is 5.